The van der Waals surface area contributed by atoms with Gasteiger partial charge in [-0.05, 0) is 22.8 Å². The van der Waals surface area contributed by atoms with E-state index < -0.39 is 5.54 Å². The van der Waals surface area contributed by atoms with Crippen molar-refractivity contribution in [1.29, 1.82) is 0 Å². The van der Waals surface area contributed by atoms with Gasteiger partial charge in [-0.2, -0.15) is 5.10 Å². The van der Waals surface area contributed by atoms with Gasteiger partial charge in [0.05, 0.1) is 21.6 Å². The number of halogens is 2. The van der Waals surface area contributed by atoms with Crippen LogP contribution in [0.1, 0.15) is 16.7 Å². The van der Waals surface area contributed by atoms with E-state index in [1.165, 1.54) is 10.8 Å². The zero-order valence-electron chi connectivity index (χ0n) is 19.5. The van der Waals surface area contributed by atoms with Gasteiger partial charge in [0, 0.05) is 24.7 Å². The minimum atomic E-state index is -0.822. The van der Waals surface area contributed by atoms with Crippen LogP contribution < -0.4 is 5.56 Å². The zero-order chi connectivity index (χ0) is 25.4. The third-order valence-electron chi connectivity index (χ3n) is 6.55. The molecule has 37 heavy (non-hydrogen) atoms. The Hall–Kier alpha value is -4.19. The molecule has 0 fully saturated rings. The van der Waals surface area contributed by atoms with Crippen LogP contribution in [0.3, 0.4) is 0 Å². The van der Waals surface area contributed by atoms with Gasteiger partial charge in [0.2, 0.25) is 0 Å². The molecule has 0 aliphatic rings. The number of aromatic nitrogens is 4. The van der Waals surface area contributed by atoms with Gasteiger partial charge in [0.15, 0.2) is 0 Å². The largest absolute Gasteiger partial charge is 0.282 e. The maximum atomic E-state index is 13.7. The molecule has 0 spiro atoms. The first-order valence-corrected chi connectivity index (χ1v) is 12.4. The van der Waals surface area contributed by atoms with E-state index in [4.69, 9.17) is 28.3 Å². The van der Waals surface area contributed by atoms with E-state index in [1.807, 2.05) is 71.5 Å². The van der Waals surface area contributed by atoms with Gasteiger partial charge in [-0.1, -0.05) is 114 Å². The number of fused-ring (bicyclic) bond motifs is 1. The summed E-state index contributed by atoms with van der Waals surface area (Å²) in [6, 6.07) is 34.0. The summed E-state index contributed by atoms with van der Waals surface area (Å²) in [7, 11) is 0. The van der Waals surface area contributed by atoms with Crippen LogP contribution in [0.4, 0.5) is 0 Å². The number of nitrogens with zero attached hydrogens (tertiary/aromatic N) is 4. The predicted molar refractivity (Wildman–Crippen MR) is 148 cm³/mol. The Morgan fingerprint density at radius 3 is 1.81 bits per heavy atom. The third-order valence-corrected chi connectivity index (χ3v) is 7.05. The first-order chi connectivity index (χ1) is 18.1. The molecule has 0 atom stereocenters. The first-order valence-electron chi connectivity index (χ1n) is 11.7. The Morgan fingerprint density at radius 2 is 1.27 bits per heavy atom. The second-order valence-corrected chi connectivity index (χ2v) is 9.42. The van der Waals surface area contributed by atoms with Crippen LogP contribution in [-0.4, -0.2) is 19.3 Å². The van der Waals surface area contributed by atoms with Crippen LogP contribution in [0, 0.1) is 0 Å². The number of rotatable bonds is 5. The lowest BCUT2D eigenvalue weighted by Crippen LogP contribution is -2.38. The highest BCUT2D eigenvalue weighted by Gasteiger charge is 2.39. The van der Waals surface area contributed by atoms with Crippen molar-refractivity contribution in [2.75, 3.05) is 0 Å². The lowest BCUT2D eigenvalue weighted by atomic mass is 9.77. The van der Waals surface area contributed by atoms with Gasteiger partial charge in [-0.15, -0.1) is 0 Å². The molecule has 0 saturated carbocycles. The van der Waals surface area contributed by atoms with E-state index in [0.29, 0.717) is 21.6 Å². The normalized spacial score (nSPS) is 11.6. The predicted octanol–water partition coefficient (Wildman–Crippen LogP) is 6.73. The van der Waals surface area contributed by atoms with Crippen molar-refractivity contribution in [2.24, 2.45) is 0 Å². The van der Waals surface area contributed by atoms with Gasteiger partial charge < -0.3 is 0 Å². The standard InChI is InChI=1S/C30H20Cl2N4O/c31-25-19-33-28(32)18-27(25)35-17-16-26-24(29(35)37)20-36(34-26)30(21-10-4-1-5-11-21,22-12-6-2-7-13-22)23-14-8-3-9-15-23/h1-20H. The summed E-state index contributed by atoms with van der Waals surface area (Å²) in [6.45, 7) is 0. The third kappa shape index (κ3) is 3.84. The van der Waals surface area contributed by atoms with E-state index in [2.05, 4.69) is 41.4 Å². The number of hydrogen-bond donors (Lipinski definition) is 0. The van der Waals surface area contributed by atoms with Crippen LogP contribution >= 0.6 is 23.2 Å². The second-order valence-electron chi connectivity index (χ2n) is 8.63. The summed E-state index contributed by atoms with van der Waals surface area (Å²) >= 11 is 12.5. The SMILES string of the molecule is O=c1c2cn(C(c3ccccc3)(c3ccccc3)c3ccccc3)nc2ccn1-c1cc(Cl)ncc1Cl. The molecule has 3 aromatic carbocycles. The highest BCUT2D eigenvalue weighted by molar-refractivity contribution is 6.33. The molecule has 0 amide bonds. The smallest absolute Gasteiger partial charge is 0.266 e. The van der Waals surface area contributed by atoms with E-state index in [0.717, 1.165) is 16.7 Å². The summed E-state index contributed by atoms with van der Waals surface area (Å²) in [6.07, 6.45) is 4.91. The molecule has 0 unspecified atom stereocenters. The molecule has 0 N–H and O–H groups in total. The van der Waals surface area contributed by atoms with Crippen LogP contribution in [0.2, 0.25) is 10.2 Å². The number of pyridine rings is 2. The van der Waals surface area contributed by atoms with E-state index in [1.54, 1.807) is 12.3 Å². The fraction of sp³-hybridized carbons (Fsp3) is 0.0333. The minimum absolute atomic E-state index is 0.248. The molecule has 0 aliphatic heterocycles. The van der Waals surface area contributed by atoms with Crippen LogP contribution in [-0.2, 0) is 5.54 Å². The highest BCUT2D eigenvalue weighted by atomic mass is 35.5. The quantitative estimate of drug-likeness (QED) is 0.186. The molecule has 7 heteroatoms. The fourth-order valence-electron chi connectivity index (χ4n) is 4.90. The van der Waals surface area contributed by atoms with Crippen molar-refractivity contribution < 1.29 is 0 Å². The summed E-state index contributed by atoms with van der Waals surface area (Å²) in [5, 5.41) is 6.01. The maximum absolute atomic E-state index is 13.7. The molecule has 0 saturated heterocycles. The Labute approximate surface area is 223 Å². The van der Waals surface area contributed by atoms with Gasteiger partial charge in [0.25, 0.3) is 5.56 Å². The van der Waals surface area contributed by atoms with Crippen molar-refractivity contribution in [2.45, 2.75) is 5.54 Å². The fourth-order valence-corrected chi connectivity index (χ4v) is 5.25. The lowest BCUT2D eigenvalue weighted by molar-refractivity contribution is 0.464. The molecule has 3 aromatic heterocycles. The summed E-state index contributed by atoms with van der Waals surface area (Å²) in [4.78, 5) is 17.7. The molecular weight excluding hydrogens is 503 g/mol. The molecule has 180 valence electrons. The summed E-state index contributed by atoms with van der Waals surface area (Å²) in [5.74, 6) is 0. The van der Waals surface area contributed by atoms with E-state index >= 15 is 0 Å². The molecule has 0 aliphatic carbocycles. The summed E-state index contributed by atoms with van der Waals surface area (Å²) < 4.78 is 3.37. The Morgan fingerprint density at radius 1 is 0.730 bits per heavy atom. The monoisotopic (exact) mass is 522 g/mol. The minimum Gasteiger partial charge on any atom is -0.282 e. The number of hydrogen-bond acceptors (Lipinski definition) is 3. The van der Waals surface area contributed by atoms with Crippen molar-refractivity contribution in [3.63, 3.8) is 0 Å². The molecule has 0 bridgehead atoms. The van der Waals surface area contributed by atoms with Crippen LogP contribution in [0.25, 0.3) is 16.6 Å². The van der Waals surface area contributed by atoms with Crippen LogP contribution in [0.5, 0.6) is 0 Å². The first kappa shape index (κ1) is 23.2. The molecule has 3 heterocycles. The Balaban J connectivity index is 1.68. The highest BCUT2D eigenvalue weighted by Crippen LogP contribution is 2.40. The van der Waals surface area contributed by atoms with Crippen molar-refractivity contribution in [1.82, 2.24) is 19.3 Å². The van der Waals surface area contributed by atoms with Crippen molar-refractivity contribution in [3.05, 3.63) is 159 Å². The van der Waals surface area contributed by atoms with Crippen LogP contribution in [0.15, 0.2) is 127 Å². The van der Waals surface area contributed by atoms with Crippen molar-refractivity contribution in [3.8, 4) is 5.69 Å². The summed E-state index contributed by atoms with van der Waals surface area (Å²) in [5.41, 5.74) is 3.01. The van der Waals surface area contributed by atoms with Gasteiger partial charge in [-0.25, -0.2) is 4.98 Å². The molecule has 0 radical (unpaired) electrons. The second kappa shape index (κ2) is 9.36. The average molecular weight is 523 g/mol. The Bertz CT molecular complexity index is 1670. The van der Waals surface area contributed by atoms with Crippen molar-refractivity contribution >= 4 is 34.1 Å². The van der Waals surface area contributed by atoms with E-state index in [-0.39, 0.29) is 10.7 Å². The average Bonchev–Trinajstić information content (AvgIpc) is 3.38. The molecule has 6 aromatic rings. The lowest BCUT2D eigenvalue weighted by Gasteiger charge is -2.36. The Kier molecular flexibility index (Phi) is 5.87. The van der Waals surface area contributed by atoms with Gasteiger partial charge >= 0.3 is 0 Å². The maximum Gasteiger partial charge on any atom is 0.266 e. The topological polar surface area (TPSA) is 52.7 Å². The van der Waals surface area contributed by atoms with Gasteiger partial charge in [-0.3, -0.25) is 14.0 Å². The molecule has 5 nitrogen and oxygen atoms in total. The number of benzene rings is 3. The molecular formula is C30H20Cl2N4O. The van der Waals surface area contributed by atoms with E-state index in [9.17, 15) is 4.79 Å². The zero-order valence-corrected chi connectivity index (χ0v) is 21.0. The van der Waals surface area contributed by atoms with Gasteiger partial charge in [0.1, 0.15) is 10.7 Å². The molecule has 6 rings (SSSR count).